The van der Waals surface area contributed by atoms with Gasteiger partial charge in [-0.2, -0.15) is 0 Å². The van der Waals surface area contributed by atoms with Gasteiger partial charge in [-0.1, -0.05) is 12.1 Å². The molecule has 0 spiro atoms. The molecule has 5 heteroatoms. The summed E-state index contributed by atoms with van der Waals surface area (Å²) in [6.45, 7) is 2.08. The van der Waals surface area contributed by atoms with Crippen LogP contribution in [0.15, 0.2) is 30.3 Å². The molecular weight excluding hydrogens is 324 g/mol. The zero-order valence-corrected chi connectivity index (χ0v) is 14.9. The standard InChI is InChI=1S/C19H24O4S/c1-12-14(7-13-3-5-16(22-2)6-4-13)8-19(24-12)18-10-15(21)9-17(11-20)23-18/h3-6,8,15,17-18,20-21H,7,9-11H2,1-2H3. The molecule has 2 heterocycles. The fourth-order valence-corrected chi connectivity index (χ4v) is 4.23. The molecule has 2 aromatic rings. The van der Waals surface area contributed by atoms with E-state index in [0.717, 1.165) is 17.0 Å². The van der Waals surface area contributed by atoms with Crippen molar-refractivity contribution < 1.29 is 19.7 Å². The average Bonchev–Trinajstić information content (AvgIpc) is 2.96. The van der Waals surface area contributed by atoms with Crippen molar-refractivity contribution in [1.29, 1.82) is 0 Å². The fourth-order valence-electron chi connectivity index (χ4n) is 3.13. The second-order valence-electron chi connectivity index (χ2n) is 6.31. The SMILES string of the molecule is COc1ccc(Cc2cc(C3CC(O)CC(CO)O3)sc2C)cc1. The fraction of sp³-hybridized carbons (Fsp3) is 0.474. The van der Waals surface area contributed by atoms with Crippen LogP contribution in [0, 0.1) is 6.92 Å². The Morgan fingerprint density at radius 1 is 1.25 bits per heavy atom. The Kier molecular flexibility index (Phi) is 5.56. The van der Waals surface area contributed by atoms with E-state index in [-0.39, 0.29) is 18.8 Å². The first kappa shape index (κ1) is 17.4. The van der Waals surface area contributed by atoms with E-state index in [1.54, 1.807) is 18.4 Å². The Bertz CT molecular complexity index is 665. The van der Waals surface area contributed by atoms with Crippen LogP contribution in [0.1, 0.15) is 39.8 Å². The molecule has 0 amide bonds. The topological polar surface area (TPSA) is 58.9 Å². The highest BCUT2D eigenvalue weighted by Gasteiger charge is 2.30. The smallest absolute Gasteiger partial charge is 0.118 e. The lowest BCUT2D eigenvalue weighted by Gasteiger charge is -2.31. The van der Waals surface area contributed by atoms with Crippen molar-refractivity contribution in [2.24, 2.45) is 0 Å². The Labute approximate surface area is 146 Å². The molecule has 1 fully saturated rings. The van der Waals surface area contributed by atoms with Gasteiger partial charge in [-0.3, -0.25) is 0 Å². The van der Waals surface area contributed by atoms with Gasteiger partial charge in [-0.15, -0.1) is 11.3 Å². The molecule has 3 unspecified atom stereocenters. The van der Waals surface area contributed by atoms with E-state index in [4.69, 9.17) is 9.47 Å². The van der Waals surface area contributed by atoms with Gasteiger partial charge in [0.1, 0.15) is 5.75 Å². The average molecular weight is 348 g/mol. The third-order valence-corrected chi connectivity index (χ3v) is 5.68. The number of aliphatic hydroxyl groups excluding tert-OH is 2. The molecule has 130 valence electrons. The van der Waals surface area contributed by atoms with Gasteiger partial charge in [-0.25, -0.2) is 0 Å². The molecule has 1 aromatic carbocycles. The lowest BCUT2D eigenvalue weighted by molar-refractivity contribution is -0.112. The second kappa shape index (κ2) is 7.66. The van der Waals surface area contributed by atoms with Crippen molar-refractivity contribution in [2.75, 3.05) is 13.7 Å². The molecule has 0 saturated carbocycles. The van der Waals surface area contributed by atoms with Gasteiger partial charge in [0.15, 0.2) is 0 Å². The maximum Gasteiger partial charge on any atom is 0.118 e. The lowest BCUT2D eigenvalue weighted by Crippen LogP contribution is -2.33. The molecule has 3 rings (SSSR count). The minimum Gasteiger partial charge on any atom is -0.497 e. The Hall–Kier alpha value is -1.40. The molecule has 1 aliphatic rings. The maximum absolute atomic E-state index is 10.0. The van der Waals surface area contributed by atoms with E-state index in [1.165, 1.54) is 16.0 Å². The third-order valence-electron chi connectivity index (χ3n) is 4.49. The Morgan fingerprint density at radius 3 is 2.67 bits per heavy atom. The van der Waals surface area contributed by atoms with E-state index in [0.29, 0.717) is 12.8 Å². The predicted octanol–water partition coefficient (Wildman–Crippen LogP) is 3.23. The largest absolute Gasteiger partial charge is 0.497 e. The number of hydrogen-bond acceptors (Lipinski definition) is 5. The minimum atomic E-state index is -0.409. The second-order valence-corrected chi connectivity index (χ2v) is 7.60. The minimum absolute atomic E-state index is 0.0450. The van der Waals surface area contributed by atoms with Crippen LogP contribution in [0.5, 0.6) is 5.75 Å². The first-order valence-corrected chi connectivity index (χ1v) is 9.07. The zero-order chi connectivity index (χ0) is 17.1. The summed E-state index contributed by atoms with van der Waals surface area (Å²) in [5.41, 5.74) is 2.52. The van der Waals surface area contributed by atoms with Gasteiger partial charge in [0.2, 0.25) is 0 Å². The molecule has 24 heavy (non-hydrogen) atoms. The van der Waals surface area contributed by atoms with Crippen LogP contribution < -0.4 is 4.74 Å². The molecule has 3 atom stereocenters. The van der Waals surface area contributed by atoms with Crippen molar-refractivity contribution in [3.63, 3.8) is 0 Å². The number of aryl methyl sites for hydroxylation is 1. The normalized spacial score (nSPS) is 24.1. The number of hydrogen-bond donors (Lipinski definition) is 2. The van der Waals surface area contributed by atoms with E-state index < -0.39 is 6.10 Å². The van der Waals surface area contributed by atoms with Crippen molar-refractivity contribution in [2.45, 2.75) is 44.5 Å². The van der Waals surface area contributed by atoms with Crippen molar-refractivity contribution in [3.05, 3.63) is 51.2 Å². The van der Waals surface area contributed by atoms with Crippen LogP contribution in [0.25, 0.3) is 0 Å². The van der Waals surface area contributed by atoms with E-state index in [2.05, 4.69) is 25.1 Å². The summed E-state index contributed by atoms with van der Waals surface area (Å²) >= 11 is 1.72. The van der Waals surface area contributed by atoms with Crippen LogP contribution >= 0.6 is 11.3 Å². The molecule has 0 bridgehead atoms. The van der Waals surface area contributed by atoms with Crippen LogP contribution in [0.3, 0.4) is 0 Å². The number of ether oxygens (including phenoxy) is 2. The highest BCUT2D eigenvalue weighted by Crippen LogP contribution is 2.37. The quantitative estimate of drug-likeness (QED) is 0.871. The number of rotatable bonds is 5. The highest BCUT2D eigenvalue weighted by molar-refractivity contribution is 7.12. The summed E-state index contributed by atoms with van der Waals surface area (Å²) in [4.78, 5) is 2.40. The van der Waals surface area contributed by atoms with Gasteiger partial charge in [-0.05, 0) is 42.7 Å². The molecular formula is C19H24O4S. The van der Waals surface area contributed by atoms with Crippen LogP contribution in [-0.4, -0.2) is 36.1 Å². The number of methoxy groups -OCH3 is 1. The monoisotopic (exact) mass is 348 g/mol. The van der Waals surface area contributed by atoms with Gasteiger partial charge < -0.3 is 19.7 Å². The van der Waals surface area contributed by atoms with E-state index in [9.17, 15) is 10.2 Å². The van der Waals surface area contributed by atoms with Gasteiger partial charge in [0.05, 0.1) is 32.0 Å². The van der Waals surface area contributed by atoms with Crippen molar-refractivity contribution >= 4 is 11.3 Å². The summed E-state index contributed by atoms with van der Waals surface area (Å²) in [5.74, 6) is 0.862. The maximum atomic E-state index is 10.0. The summed E-state index contributed by atoms with van der Waals surface area (Å²) < 4.78 is 11.1. The van der Waals surface area contributed by atoms with E-state index in [1.807, 2.05) is 12.1 Å². The van der Waals surface area contributed by atoms with Gasteiger partial charge in [0.25, 0.3) is 0 Å². The zero-order valence-electron chi connectivity index (χ0n) is 14.1. The molecule has 0 aliphatic carbocycles. The molecule has 4 nitrogen and oxygen atoms in total. The molecule has 2 N–H and O–H groups in total. The van der Waals surface area contributed by atoms with Crippen LogP contribution in [0.2, 0.25) is 0 Å². The third kappa shape index (κ3) is 3.98. The van der Waals surface area contributed by atoms with Gasteiger partial charge in [0, 0.05) is 22.6 Å². The van der Waals surface area contributed by atoms with E-state index >= 15 is 0 Å². The number of aliphatic hydroxyl groups is 2. The van der Waals surface area contributed by atoms with Crippen LogP contribution in [0.4, 0.5) is 0 Å². The van der Waals surface area contributed by atoms with Gasteiger partial charge >= 0.3 is 0 Å². The molecule has 1 aliphatic heterocycles. The first-order chi connectivity index (χ1) is 11.6. The number of benzene rings is 1. The predicted molar refractivity (Wildman–Crippen MR) is 94.8 cm³/mol. The molecule has 0 radical (unpaired) electrons. The lowest BCUT2D eigenvalue weighted by atomic mass is 9.99. The van der Waals surface area contributed by atoms with Crippen LogP contribution in [-0.2, 0) is 11.2 Å². The van der Waals surface area contributed by atoms with Crippen molar-refractivity contribution in [3.8, 4) is 5.75 Å². The summed E-state index contributed by atoms with van der Waals surface area (Å²) in [5, 5.41) is 19.3. The summed E-state index contributed by atoms with van der Waals surface area (Å²) in [6, 6.07) is 10.3. The summed E-state index contributed by atoms with van der Waals surface area (Å²) in [6.07, 6.45) is 1.17. The highest BCUT2D eigenvalue weighted by atomic mass is 32.1. The molecule has 1 aromatic heterocycles. The number of thiophene rings is 1. The molecule has 1 saturated heterocycles. The Balaban J connectivity index is 1.74. The summed E-state index contributed by atoms with van der Waals surface area (Å²) in [7, 11) is 1.67. The van der Waals surface area contributed by atoms with Crippen molar-refractivity contribution in [1.82, 2.24) is 0 Å². The Morgan fingerprint density at radius 2 is 2.00 bits per heavy atom. The first-order valence-electron chi connectivity index (χ1n) is 8.25.